The molecule has 0 aliphatic rings. The summed E-state index contributed by atoms with van der Waals surface area (Å²) in [6.45, 7) is 6.38. The van der Waals surface area contributed by atoms with Gasteiger partial charge in [0, 0.05) is 16.5 Å². The number of benzene rings is 1. The van der Waals surface area contributed by atoms with Gasteiger partial charge in [0.1, 0.15) is 11.3 Å². The Labute approximate surface area is 119 Å². The van der Waals surface area contributed by atoms with Crippen LogP contribution in [0.4, 0.5) is 0 Å². The van der Waals surface area contributed by atoms with E-state index in [-0.39, 0.29) is 11.3 Å². The van der Waals surface area contributed by atoms with Crippen molar-refractivity contribution in [2.24, 2.45) is 11.1 Å². The quantitative estimate of drug-likeness (QED) is 0.647. The van der Waals surface area contributed by atoms with Gasteiger partial charge in [-0.05, 0) is 25.5 Å². The lowest BCUT2D eigenvalue weighted by Crippen LogP contribution is -2.32. The Bertz CT molecular complexity index is 635. The molecule has 4 nitrogen and oxygen atoms in total. The largest absolute Gasteiger partial charge is 0.491 e. The van der Waals surface area contributed by atoms with Crippen molar-refractivity contribution < 1.29 is 4.74 Å². The highest BCUT2D eigenvalue weighted by Crippen LogP contribution is 2.26. The maximum absolute atomic E-state index is 7.55. The van der Waals surface area contributed by atoms with Crippen LogP contribution in [0.3, 0.4) is 0 Å². The smallest absolute Gasteiger partial charge is 0.145 e. The lowest BCUT2D eigenvalue weighted by molar-refractivity contribution is 0.271. The molecule has 0 aliphatic heterocycles. The molecular weight excluding hydrogens is 250 g/mol. The standard InChI is InChI=1S/C16H21N3O/c1-11-7-8-12-5-4-6-13(14(12)19-11)20-10-9-16(2,3)15(17)18/h4-8H,9-10H2,1-3H3,(H3,17,18). The maximum Gasteiger partial charge on any atom is 0.145 e. The zero-order valence-corrected chi connectivity index (χ0v) is 12.2. The number of nitrogens with one attached hydrogen (secondary N) is 1. The topological polar surface area (TPSA) is 72.0 Å². The van der Waals surface area contributed by atoms with Crippen LogP contribution >= 0.6 is 0 Å². The molecular formula is C16H21N3O. The highest BCUT2D eigenvalue weighted by Gasteiger charge is 2.21. The molecule has 0 atom stereocenters. The second kappa shape index (κ2) is 5.49. The van der Waals surface area contributed by atoms with Crippen LogP contribution in [-0.4, -0.2) is 17.4 Å². The third-order valence-electron chi connectivity index (χ3n) is 3.54. The fourth-order valence-electron chi connectivity index (χ4n) is 1.88. The normalized spacial score (nSPS) is 11.6. The van der Waals surface area contributed by atoms with Crippen molar-refractivity contribution in [3.8, 4) is 5.75 Å². The van der Waals surface area contributed by atoms with Crippen molar-refractivity contribution in [2.45, 2.75) is 27.2 Å². The maximum atomic E-state index is 7.55. The minimum absolute atomic E-state index is 0.188. The van der Waals surface area contributed by atoms with Gasteiger partial charge in [0.15, 0.2) is 0 Å². The lowest BCUT2D eigenvalue weighted by atomic mass is 9.88. The van der Waals surface area contributed by atoms with Gasteiger partial charge in [-0.2, -0.15) is 0 Å². The molecule has 0 fully saturated rings. The van der Waals surface area contributed by atoms with Gasteiger partial charge in [0.25, 0.3) is 0 Å². The first-order valence-electron chi connectivity index (χ1n) is 6.74. The number of ether oxygens (including phenoxy) is 1. The molecule has 2 rings (SSSR count). The number of para-hydroxylation sites is 1. The number of nitrogens with zero attached hydrogens (tertiary/aromatic N) is 1. The van der Waals surface area contributed by atoms with Crippen molar-refractivity contribution >= 4 is 16.7 Å². The van der Waals surface area contributed by atoms with E-state index in [9.17, 15) is 0 Å². The number of nitrogens with two attached hydrogens (primary N) is 1. The van der Waals surface area contributed by atoms with Crippen LogP contribution in [0, 0.1) is 17.7 Å². The summed E-state index contributed by atoms with van der Waals surface area (Å²) in [5, 5.41) is 8.62. The Morgan fingerprint density at radius 3 is 2.75 bits per heavy atom. The predicted molar refractivity (Wildman–Crippen MR) is 82.3 cm³/mol. The van der Waals surface area contributed by atoms with Gasteiger partial charge in [-0.3, -0.25) is 5.41 Å². The third-order valence-corrected chi connectivity index (χ3v) is 3.54. The Kier molecular flexibility index (Phi) is 3.93. The Morgan fingerprint density at radius 1 is 1.30 bits per heavy atom. The fourth-order valence-corrected chi connectivity index (χ4v) is 1.88. The number of amidine groups is 1. The predicted octanol–water partition coefficient (Wildman–Crippen LogP) is 3.27. The number of hydrogen-bond acceptors (Lipinski definition) is 3. The first-order chi connectivity index (χ1) is 9.40. The van der Waals surface area contributed by atoms with Gasteiger partial charge in [-0.15, -0.1) is 0 Å². The molecule has 0 unspecified atom stereocenters. The van der Waals surface area contributed by atoms with Crippen molar-refractivity contribution in [3.05, 3.63) is 36.0 Å². The van der Waals surface area contributed by atoms with Crippen LogP contribution in [0.1, 0.15) is 26.0 Å². The number of aromatic nitrogens is 1. The number of fused-ring (bicyclic) bond motifs is 1. The van der Waals surface area contributed by atoms with E-state index in [1.165, 1.54) is 0 Å². The average molecular weight is 271 g/mol. The summed E-state index contributed by atoms with van der Waals surface area (Å²) in [5.74, 6) is 0.971. The number of pyridine rings is 1. The van der Waals surface area contributed by atoms with Gasteiger partial charge in [0.2, 0.25) is 0 Å². The SMILES string of the molecule is Cc1ccc2cccc(OCCC(C)(C)C(=N)N)c2n1. The van der Waals surface area contributed by atoms with E-state index in [2.05, 4.69) is 4.98 Å². The molecule has 106 valence electrons. The van der Waals surface area contributed by atoms with Crippen LogP contribution in [0.2, 0.25) is 0 Å². The fraction of sp³-hybridized carbons (Fsp3) is 0.375. The molecule has 20 heavy (non-hydrogen) atoms. The average Bonchev–Trinajstić information content (AvgIpc) is 2.39. The second-order valence-corrected chi connectivity index (χ2v) is 5.68. The molecule has 0 spiro atoms. The van der Waals surface area contributed by atoms with E-state index in [1.807, 2.05) is 51.1 Å². The summed E-state index contributed by atoms with van der Waals surface area (Å²) in [4.78, 5) is 4.53. The molecule has 0 saturated heterocycles. The molecule has 0 radical (unpaired) electrons. The van der Waals surface area contributed by atoms with E-state index in [0.717, 1.165) is 22.3 Å². The van der Waals surface area contributed by atoms with Gasteiger partial charge in [-0.1, -0.05) is 32.0 Å². The second-order valence-electron chi connectivity index (χ2n) is 5.68. The van der Waals surface area contributed by atoms with Crippen molar-refractivity contribution in [1.29, 1.82) is 5.41 Å². The molecule has 2 aromatic rings. The van der Waals surface area contributed by atoms with E-state index < -0.39 is 0 Å². The van der Waals surface area contributed by atoms with Crippen LogP contribution in [0.25, 0.3) is 10.9 Å². The molecule has 0 saturated carbocycles. The molecule has 1 heterocycles. The number of aryl methyl sites for hydroxylation is 1. The highest BCUT2D eigenvalue weighted by atomic mass is 16.5. The summed E-state index contributed by atoms with van der Waals surface area (Å²) >= 11 is 0. The summed E-state index contributed by atoms with van der Waals surface area (Å²) in [6, 6.07) is 9.95. The zero-order chi connectivity index (χ0) is 14.8. The van der Waals surface area contributed by atoms with E-state index in [1.54, 1.807) is 0 Å². The first-order valence-corrected chi connectivity index (χ1v) is 6.74. The molecule has 1 aromatic carbocycles. The van der Waals surface area contributed by atoms with E-state index in [4.69, 9.17) is 15.9 Å². The van der Waals surface area contributed by atoms with Crippen LogP contribution in [0.5, 0.6) is 5.75 Å². The Morgan fingerprint density at radius 2 is 2.05 bits per heavy atom. The Hall–Kier alpha value is -2.10. The summed E-state index contributed by atoms with van der Waals surface area (Å²) in [6.07, 6.45) is 0.699. The minimum atomic E-state index is -0.339. The van der Waals surface area contributed by atoms with Crippen molar-refractivity contribution in [3.63, 3.8) is 0 Å². The van der Waals surface area contributed by atoms with Crippen molar-refractivity contribution in [1.82, 2.24) is 4.98 Å². The van der Waals surface area contributed by atoms with Gasteiger partial charge in [-0.25, -0.2) is 4.98 Å². The minimum Gasteiger partial charge on any atom is -0.491 e. The molecule has 0 aliphatic carbocycles. The summed E-state index contributed by atoms with van der Waals surface area (Å²) in [7, 11) is 0. The molecule has 3 N–H and O–H groups in total. The van der Waals surface area contributed by atoms with Gasteiger partial charge in [0.05, 0.1) is 12.4 Å². The zero-order valence-electron chi connectivity index (χ0n) is 12.2. The number of rotatable bonds is 5. The molecule has 0 amide bonds. The molecule has 1 aromatic heterocycles. The third kappa shape index (κ3) is 3.07. The molecule has 4 heteroatoms. The van der Waals surface area contributed by atoms with Crippen molar-refractivity contribution in [2.75, 3.05) is 6.61 Å². The van der Waals surface area contributed by atoms with Gasteiger partial charge >= 0.3 is 0 Å². The first kappa shape index (κ1) is 14.3. The summed E-state index contributed by atoms with van der Waals surface area (Å²) < 4.78 is 5.85. The summed E-state index contributed by atoms with van der Waals surface area (Å²) in [5.41, 5.74) is 7.09. The van der Waals surface area contributed by atoms with Crippen LogP contribution in [-0.2, 0) is 0 Å². The lowest BCUT2D eigenvalue weighted by Gasteiger charge is -2.22. The van der Waals surface area contributed by atoms with E-state index in [0.29, 0.717) is 13.0 Å². The van der Waals surface area contributed by atoms with Crippen LogP contribution < -0.4 is 10.5 Å². The Balaban J connectivity index is 2.14. The number of hydrogen-bond donors (Lipinski definition) is 2. The monoisotopic (exact) mass is 271 g/mol. The highest BCUT2D eigenvalue weighted by molar-refractivity contribution is 5.84. The van der Waals surface area contributed by atoms with Gasteiger partial charge < -0.3 is 10.5 Å². The molecule has 0 bridgehead atoms. The van der Waals surface area contributed by atoms with Crippen LogP contribution in [0.15, 0.2) is 30.3 Å². The van der Waals surface area contributed by atoms with E-state index >= 15 is 0 Å².